The van der Waals surface area contributed by atoms with Gasteiger partial charge in [-0.15, -0.1) is 11.3 Å². The predicted octanol–water partition coefficient (Wildman–Crippen LogP) is 2.88. The molecule has 0 aliphatic heterocycles. The summed E-state index contributed by atoms with van der Waals surface area (Å²) in [6.45, 7) is 5.27. The van der Waals surface area contributed by atoms with E-state index in [1.54, 1.807) is 25.4 Å². The number of aryl methyl sites for hydroxylation is 1. The number of hydrogen-bond acceptors (Lipinski definition) is 4. The fraction of sp³-hybridized carbons (Fsp3) is 0.308. The normalized spacial score (nSPS) is 11.5. The molecule has 0 aliphatic carbocycles. The molecule has 0 unspecified atom stereocenters. The first-order valence-corrected chi connectivity index (χ1v) is 6.41. The van der Waals surface area contributed by atoms with Crippen LogP contribution in [-0.4, -0.2) is 21.0 Å². The molecular weight excluding hydrogens is 248 g/mol. The zero-order valence-corrected chi connectivity index (χ0v) is 11.3. The molecule has 0 saturated carbocycles. The zero-order valence-electron chi connectivity index (χ0n) is 10.5. The molecule has 0 atom stereocenters. The highest BCUT2D eigenvalue weighted by Crippen LogP contribution is 2.29. The Hall–Kier alpha value is -1.75. The van der Waals surface area contributed by atoms with Crippen molar-refractivity contribution < 1.29 is 9.90 Å². The van der Waals surface area contributed by atoms with Crippen LogP contribution in [0.2, 0.25) is 0 Å². The van der Waals surface area contributed by atoms with Crippen LogP contribution in [0.5, 0.6) is 0 Å². The summed E-state index contributed by atoms with van der Waals surface area (Å²) < 4.78 is 0. The third kappa shape index (κ3) is 2.26. The summed E-state index contributed by atoms with van der Waals surface area (Å²) in [6, 6.07) is 3.86. The van der Waals surface area contributed by atoms with Gasteiger partial charge in [0.1, 0.15) is 10.4 Å². The molecule has 2 heterocycles. The van der Waals surface area contributed by atoms with E-state index in [1.807, 2.05) is 19.1 Å². The number of carboxylic acid groups (broad SMARTS) is 1. The van der Waals surface area contributed by atoms with Crippen molar-refractivity contribution in [1.29, 1.82) is 0 Å². The molecule has 0 saturated heterocycles. The van der Waals surface area contributed by atoms with Gasteiger partial charge in [-0.2, -0.15) is 0 Å². The molecule has 0 spiro atoms. The fourth-order valence-corrected chi connectivity index (χ4v) is 2.35. The van der Waals surface area contributed by atoms with Gasteiger partial charge in [0, 0.05) is 11.6 Å². The number of aliphatic carboxylic acids is 1. The first-order valence-electron chi connectivity index (χ1n) is 5.53. The summed E-state index contributed by atoms with van der Waals surface area (Å²) in [6.07, 6.45) is 1.78. The standard InChI is InChI=1S/C13H14N2O2S/c1-8-4-5-9(14-6-8)11-15-10(7-18-11)13(2,3)12(16)17/h4-7H,1-3H3,(H,16,17). The van der Waals surface area contributed by atoms with Gasteiger partial charge in [-0.05, 0) is 32.4 Å². The van der Waals surface area contributed by atoms with E-state index in [0.717, 1.165) is 16.3 Å². The molecule has 0 fully saturated rings. The van der Waals surface area contributed by atoms with Gasteiger partial charge in [0.15, 0.2) is 0 Å². The topological polar surface area (TPSA) is 63.1 Å². The highest BCUT2D eigenvalue weighted by molar-refractivity contribution is 7.13. The molecule has 0 radical (unpaired) electrons. The van der Waals surface area contributed by atoms with E-state index < -0.39 is 11.4 Å². The monoisotopic (exact) mass is 262 g/mol. The molecule has 94 valence electrons. The van der Waals surface area contributed by atoms with Gasteiger partial charge in [0.25, 0.3) is 0 Å². The second-order valence-corrected chi connectivity index (χ2v) is 5.55. The number of rotatable bonds is 3. The van der Waals surface area contributed by atoms with Crippen LogP contribution < -0.4 is 0 Å². The molecule has 0 aliphatic rings. The maximum absolute atomic E-state index is 11.2. The second kappa shape index (κ2) is 4.49. The molecule has 2 aromatic heterocycles. The van der Waals surface area contributed by atoms with E-state index in [2.05, 4.69) is 9.97 Å². The Labute approximate surface area is 109 Å². The highest BCUT2D eigenvalue weighted by Gasteiger charge is 2.32. The Morgan fingerprint density at radius 2 is 2.11 bits per heavy atom. The minimum absolute atomic E-state index is 0.567. The van der Waals surface area contributed by atoms with Crippen LogP contribution in [0.4, 0.5) is 0 Å². The lowest BCUT2D eigenvalue weighted by Crippen LogP contribution is -2.28. The van der Waals surface area contributed by atoms with E-state index in [4.69, 9.17) is 5.11 Å². The van der Waals surface area contributed by atoms with Crippen LogP contribution in [0.15, 0.2) is 23.7 Å². The van der Waals surface area contributed by atoms with Gasteiger partial charge in [0.2, 0.25) is 0 Å². The zero-order chi connectivity index (χ0) is 13.3. The van der Waals surface area contributed by atoms with Crippen molar-refractivity contribution in [3.63, 3.8) is 0 Å². The summed E-state index contributed by atoms with van der Waals surface area (Å²) in [5, 5.41) is 11.7. The Morgan fingerprint density at radius 1 is 1.39 bits per heavy atom. The summed E-state index contributed by atoms with van der Waals surface area (Å²) in [4.78, 5) is 19.8. The summed E-state index contributed by atoms with van der Waals surface area (Å²) in [5.74, 6) is -0.879. The molecule has 4 nitrogen and oxygen atoms in total. The number of pyridine rings is 1. The number of carboxylic acids is 1. The summed E-state index contributed by atoms with van der Waals surface area (Å²) >= 11 is 1.42. The Morgan fingerprint density at radius 3 is 2.67 bits per heavy atom. The summed E-state index contributed by atoms with van der Waals surface area (Å²) in [5.41, 5.74) is 1.45. The van der Waals surface area contributed by atoms with Crippen LogP contribution in [0, 0.1) is 6.92 Å². The van der Waals surface area contributed by atoms with Crippen LogP contribution in [0.25, 0.3) is 10.7 Å². The number of aromatic nitrogens is 2. The van der Waals surface area contributed by atoms with Crippen LogP contribution >= 0.6 is 11.3 Å². The maximum Gasteiger partial charge on any atom is 0.315 e. The smallest absolute Gasteiger partial charge is 0.315 e. The second-order valence-electron chi connectivity index (χ2n) is 4.69. The third-order valence-corrected chi connectivity index (χ3v) is 3.67. The largest absolute Gasteiger partial charge is 0.481 e. The molecule has 2 aromatic rings. The number of carbonyl (C=O) groups is 1. The maximum atomic E-state index is 11.2. The molecule has 0 aromatic carbocycles. The molecule has 0 amide bonds. The van der Waals surface area contributed by atoms with E-state index in [-0.39, 0.29) is 0 Å². The van der Waals surface area contributed by atoms with Gasteiger partial charge < -0.3 is 5.11 Å². The number of nitrogens with zero attached hydrogens (tertiary/aromatic N) is 2. The lowest BCUT2D eigenvalue weighted by molar-refractivity contribution is -0.142. The molecule has 2 rings (SSSR count). The molecule has 18 heavy (non-hydrogen) atoms. The quantitative estimate of drug-likeness (QED) is 0.923. The first kappa shape index (κ1) is 12.7. The fourth-order valence-electron chi connectivity index (χ4n) is 1.38. The molecular formula is C13H14N2O2S. The number of thiazole rings is 1. The third-order valence-electron chi connectivity index (χ3n) is 2.81. The van der Waals surface area contributed by atoms with Gasteiger partial charge in [0.05, 0.1) is 11.4 Å². The van der Waals surface area contributed by atoms with Gasteiger partial charge >= 0.3 is 5.97 Å². The van der Waals surface area contributed by atoms with E-state index in [0.29, 0.717) is 5.69 Å². The minimum Gasteiger partial charge on any atom is -0.481 e. The van der Waals surface area contributed by atoms with Crippen molar-refractivity contribution in [2.45, 2.75) is 26.2 Å². The Balaban J connectivity index is 2.37. The van der Waals surface area contributed by atoms with Gasteiger partial charge in [-0.25, -0.2) is 4.98 Å². The number of hydrogen-bond donors (Lipinski definition) is 1. The lowest BCUT2D eigenvalue weighted by Gasteiger charge is -2.15. The van der Waals surface area contributed by atoms with Crippen molar-refractivity contribution in [2.75, 3.05) is 0 Å². The highest BCUT2D eigenvalue weighted by atomic mass is 32.1. The van der Waals surface area contributed by atoms with E-state index >= 15 is 0 Å². The molecule has 0 bridgehead atoms. The Bertz CT molecular complexity index is 573. The van der Waals surface area contributed by atoms with E-state index in [9.17, 15) is 4.79 Å². The summed E-state index contributed by atoms with van der Waals surface area (Å²) in [7, 11) is 0. The Kier molecular flexibility index (Phi) is 3.17. The van der Waals surface area contributed by atoms with E-state index in [1.165, 1.54) is 11.3 Å². The first-order chi connectivity index (χ1) is 8.41. The van der Waals surface area contributed by atoms with Crippen molar-refractivity contribution in [2.24, 2.45) is 0 Å². The SMILES string of the molecule is Cc1ccc(-c2nc(C(C)(C)C(=O)O)cs2)nc1. The molecule has 5 heteroatoms. The van der Waals surface area contributed by atoms with Crippen LogP contribution in [0.1, 0.15) is 25.1 Å². The average Bonchev–Trinajstić information content (AvgIpc) is 2.79. The average molecular weight is 262 g/mol. The van der Waals surface area contributed by atoms with Crippen molar-refractivity contribution in [3.05, 3.63) is 35.0 Å². The van der Waals surface area contributed by atoms with Gasteiger partial charge in [-0.1, -0.05) is 6.07 Å². The predicted molar refractivity (Wildman–Crippen MR) is 70.7 cm³/mol. The van der Waals surface area contributed by atoms with Crippen molar-refractivity contribution in [3.8, 4) is 10.7 Å². The minimum atomic E-state index is -0.973. The van der Waals surface area contributed by atoms with Crippen LogP contribution in [0.3, 0.4) is 0 Å². The van der Waals surface area contributed by atoms with Gasteiger partial charge in [-0.3, -0.25) is 9.78 Å². The van der Waals surface area contributed by atoms with Crippen molar-refractivity contribution >= 4 is 17.3 Å². The lowest BCUT2D eigenvalue weighted by atomic mass is 9.90. The van der Waals surface area contributed by atoms with Crippen molar-refractivity contribution in [1.82, 2.24) is 9.97 Å². The van der Waals surface area contributed by atoms with Crippen LogP contribution in [-0.2, 0) is 10.2 Å². The molecule has 1 N–H and O–H groups in total.